The van der Waals surface area contributed by atoms with E-state index >= 15 is 0 Å². The Balaban J connectivity index is 1.48. The van der Waals surface area contributed by atoms with Crippen molar-refractivity contribution in [3.05, 3.63) is 129 Å². The van der Waals surface area contributed by atoms with Gasteiger partial charge in [0.05, 0.1) is 22.4 Å². The van der Waals surface area contributed by atoms with Crippen LogP contribution >= 0.6 is 0 Å². The lowest BCUT2D eigenvalue weighted by molar-refractivity contribution is 0.473. The lowest BCUT2D eigenvalue weighted by Gasteiger charge is -2.16. The number of hydrogen-bond donors (Lipinski definition) is 1. The summed E-state index contributed by atoms with van der Waals surface area (Å²) < 4.78 is 8.79. The quantitative estimate of drug-likeness (QED) is 0.232. The van der Waals surface area contributed by atoms with Crippen LogP contribution in [0.1, 0.15) is 12.0 Å². The summed E-state index contributed by atoms with van der Waals surface area (Å²) in [6.45, 7) is 0. The van der Waals surface area contributed by atoms with Crippen LogP contribution in [0.5, 0.6) is 5.75 Å². The van der Waals surface area contributed by atoms with E-state index in [1.165, 1.54) is 15.2 Å². The smallest absolute Gasteiger partial charge is 0.321 e. The third kappa shape index (κ3) is 3.60. The molecule has 0 saturated carbocycles. The predicted molar refractivity (Wildman–Crippen MR) is 154 cm³/mol. The zero-order valence-corrected chi connectivity index (χ0v) is 20.6. The highest BCUT2D eigenvalue weighted by Crippen LogP contribution is 2.31. The number of phenolic OH excluding ortho intramolecular Hbond substituents is 1. The standard InChI is InChI=1S/C33H20N2O4/c36-29-17-15-22(19-25(29)21-9-3-1-2-4-10-21)34-27-12-6-7-13-28(27)35(33(38)32(34)37)23-16-18-31-26(20-23)24-11-5-8-14-30(24)39-31/h1,3,5-9,11-20,36H,2H2. The number of aromatic hydroxyl groups is 1. The molecular formula is C33H20N2O4. The Labute approximate surface area is 222 Å². The highest BCUT2D eigenvalue weighted by molar-refractivity contribution is 6.05. The fraction of sp³-hybridized carbons (Fsp3) is 0.0303. The van der Waals surface area contributed by atoms with Crippen LogP contribution in [0.15, 0.2) is 117 Å². The fourth-order valence-electron chi connectivity index (χ4n) is 5.13. The molecule has 4 aromatic carbocycles. The van der Waals surface area contributed by atoms with E-state index < -0.39 is 11.1 Å². The van der Waals surface area contributed by atoms with Gasteiger partial charge in [0.1, 0.15) is 16.9 Å². The van der Waals surface area contributed by atoms with E-state index in [0.29, 0.717) is 45.5 Å². The Kier molecular flexibility index (Phi) is 5.10. The van der Waals surface area contributed by atoms with Gasteiger partial charge in [0, 0.05) is 28.3 Å². The molecule has 0 fully saturated rings. The van der Waals surface area contributed by atoms with Crippen molar-refractivity contribution in [1.82, 2.24) is 9.13 Å². The molecule has 39 heavy (non-hydrogen) atoms. The molecule has 186 valence electrons. The van der Waals surface area contributed by atoms with E-state index in [4.69, 9.17) is 4.42 Å². The minimum atomic E-state index is -0.705. The SMILES string of the molecule is O=c1c(=O)n(-c2ccc3oc4ccccc4c3c2)c2ccccc2n1-c1ccc(O)c(C2=CC=CCC#C2)c1. The van der Waals surface area contributed by atoms with E-state index in [9.17, 15) is 14.7 Å². The first kappa shape index (κ1) is 22.6. The van der Waals surface area contributed by atoms with Gasteiger partial charge in [-0.05, 0) is 60.7 Å². The summed E-state index contributed by atoms with van der Waals surface area (Å²) in [4.78, 5) is 27.5. The van der Waals surface area contributed by atoms with Crippen LogP contribution in [0.25, 0.3) is 49.9 Å². The summed E-state index contributed by atoms with van der Waals surface area (Å²) >= 11 is 0. The first-order valence-corrected chi connectivity index (χ1v) is 12.5. The third-order valence-corrected chi connectivity index (χ3v) is 6.94. The highest BCUT2D eigenvalue weighted by Gasteiger charge is 2.18. The number of nitrogens with zero attached hydrogens (tertiary/aromatic N) is 2. The highest BCUT2D eigenvalue weighted by atomic mass is 16.3. The number of aromatic nitrogens is 2. The van der Waals surface area contributed by atoms with Crippen molar-refractivity contribution in [3.63, 3.8) is 0 Å². The molecule has 0 aliphatic heterocycles. The molecule has 1 N–H and O–H groups in total. The Hall–Kier alpha value is -5.54. The predicted octanol–water partition coefficient (Wildman–Crippen LogP) is 6.09. The Morgan fingerprint density at radius 2 is 1.41 bits per heavy atom. The largest absolute Gasteiger partial charge is 0.507 e. The van der Waals surface area contributed by atoms with Crippen LogP contribution in [0, 0.1) is 11.8 Å². The zero-order valence-electron chi connectivity index (χ0n) is 20.6. The van der Waals surface area contributed by atoms with Crippen molar-refractivity contribution in [2.45, 2.75) is 6.42 Å². The van der Waals surface area contributed by atoms with Gasteiger partial charge in [-0.2, -0.15) is 0 Å². The lowest BCUT2D eigenvalue weighted by atomic mass is 10.0. The molecule has 0 atom stereocenters. The Morgan fingerprint density at radius 1 is 0.744 bits per heavy atom. The fourth-order valence-corrected chi connectivity index (χ4v) is 5.13. The van der Waals surface area contributed by atoms with Crippen molar-refractivity contribution in [2.75, 3.05) is 0 Å². The van der Waals surface area contributed by atoms with E-state index in [1.54, 1.807) is 24.3 Å². The lowest BCUT2D eigenvalue weighted by Crippen LogP contribution is -2.40. The molecule has 1 aliphatic rings. The summed E-state index contributed by atoms with van der Waals surface area (Å²) in [6.07, 6.45) is 6.25. The molecule has 0 spiro atoms. The number of allylic oxidation sites excluding steroid dienone is 4. The second-order valence-electron chi connectivity index (χ2n) is 9.26. The van der Waals surface area contributed by atoms with Gasteiger partial charge < -0.3 is 9.52 Å². The molecule has 6 heteroatoms. The van der Waals surface area contributed by atoms with E-state index in [0.717, 1.165) is 16.4 Å². The first-order valence-electron chi connectivity index (χ1n) is 12.5. The maximum Gasteiger partial charge on any atom is 0.321 e. The normalized spacial score (nSPS) is 12.9. The minimum absolute atomic E-state index is 0.0425. The number of furan rings is 1. The Morgan fingerprint density at radius 3 is 2.21 bits per heavy atom. The zero-order chi connectivity index (χ0) is 26.5. The number of benzene rings is 4. The summed E-state index contributed by atoms with van der Waals surface area (Å²) in [6, 6.07) is 25.3. The van der Waals surface area contributed by atoms with Gasteiger partial charge in [0.15, 0.2) is 0 Å². The first-order chi connectivity index (χ1) is 19.1. The number of rotatable bonds is 3. The van der Waals surface area contributed by atoms with Crippen LogP contribution in [0.4, 0.5) is 0 Å². The van der Waals surface area contributed by atoms with Crippen LogP contribution in [-0.2, 0) is 0 Å². The summed E-state index contributed by atoms with van der Waals surface area (Å²) in [5.41, 5.74) is 3.33. The van der Waals surface area contributed by atoms with Gasteiger partial charge in [-0.3, -0.25) is 18.7 Å². The Bertz CT molecular complexity index is 2210. The topological polar surface area (TPSA) is 77.4 Å². The molecule has 6 aromatic rings. The summed E-state index contributed by atoms with van der Waals surface area (Å²) in [5, 5.41) is 12.4. The molecule has 0 amide bonds. The maximum absolute atomic E-state index is 13.7. The molecule has 0 saturated heterocycles. The third-order valence-electron chi connectivity index (χ3n) is 6.94. The average Bonchev–Trinajstić information content (AvgIpc) is 3.11. The molecular weight excluding hydrogens is 488 g/mol. The molecule has 0 radical (unpaired) electrons. The molecule has 2 aromatic heterocycles. The van der Waals surface area contributed by atoms with E-state index in [1.807, 2.05) is 72.8 Å². The monoisotopic (exact) mass is 508 g/mol. The summed E-state index contributed by atoms with van der Waals surface area (Å²) in [5.74, 6) is 6.14. The van der Waals surface area contributed by atoms with Gasteiger partial charge >= 0.3 is 11.1 Å². The number of hydrogen-bond acceptors (Lipinski definition) is 4. The molecule has 0 bridgehead atoms. The number of para-hydroxylation sites is 3. The van der Waals surface area contributed by atoms with Gasteiger partial charge in [0.25, 0.3) is 0 Å². The van der Waals surface area contributed by atoms with Crippen molar-refractivity contribution in [3.8, 4) is 29.0 Å². The van der Waals surface area contributed by atoms with Crippen LogP contribution < -0.4 is 11.1 Å². The molecule has 0 unspecified atom stereocenters. The molecule has 2 heterocycles. The molecule has 7 rings (SSSR count). The minimum Gasteiger partial charge on any atom is -0.507 e. The van der Waals surface area contributed by atoms with Gasteiger partial charge in [0.2, 0.25) is 0 Å². The van der Waals surface area contributed by atoms with Gasteiger partial charge in [-0.1, -0.05) is 54.3 Å². The van der Waals surface area contributed by atoms with Crippen LogP contribution in [0.2, 0.25) is 0 Å². The summed E-state index contributed by atoms with van der Waals surface area (Å²) in [7, 11) is 0. The molecule has 1 aliphatic carbocycles. The van der Waals surface area contributed by atoms with Crippen molar-refractivity contribution in [1.29, 1.82) is 0 Å². The van der Waals surface area contributed by atoms with E-state index in [-0.39, 0.29) is 5.75 Å². The average molecular weight is 509 g/mol. The second kappa shape index (κ2) is 8.79. The number of fused-ring (bicyclic) bond motifs is 4. The maximum atomic E-state index is 13.7. The van der Waals surface area contributed by atoms with Crippen LogP contribution in [0.3, 0.4) is 0 Å². The number of phenols is 1. The van der Waals surface area contributed by atoms with Gasteiger partial charge in [-0.15, -0.1) is 0 Å². The van der Waals surface area contributed by atoms with Crippen molar-refractivity contribution >= 4 is 38.5 Å². The van der Waals surface area contributed by atoms with Gasteiger partial charge in [-0.25, -0.2) is 0 Å². The van der Waals surface area contributed by atoms with Crippen molar-refractivity contribution in [2.24, 2.45) is 0 Å². The van der Waals surface area contributed by atoms with Crippen molar-refractivity contribution < 1.29 is 9.52 Å². The second-order valence-corrected chi connectivity index (χ2v) is 9.26. The van der Waals surface area contributed by atoms with E-state index in [2.05, 4.69) is 11.8 Å². The van der Waals surface area contributed by atoms with Crippen LogP contribution in [-0.4, -0.2) is 14.2 Å². The molecule has 6 nitrogen and oxygen atoms in total.